The Labute approximate surface area is 135 Å². The summed E-state index contributed by atoms with van der Waals surface area (Å²) in [5.41, 5.74) is 2.10. The summed E-state index contributed by atoms with van der Waals surface area (Å²) in [5, 5.41) is 0.747. The van der Waals surface area contributed by atoms with E-state index in [9.17, 15) is 0 Å². The predicted molar refractivity (Wildman–Crippen MR) is 75.7 cm³/mol. The van der Waals surface area contributed by atoms with E-state index in [1.165, 1.54) is 0 Å². The third kappa shape index (κ3) is 4.68. The molecule has 2 aromatic carbocycles. The molecule has 0 N–H and O–H groups in total. The summed E-state index contributed by atoms with van der Waals surface area (Å²) >= 11 is 9.27. The van der Waals surface area contributed by atoms with Crippen molar-refractivity contribution in [3.63, 3.8) is 0 Å². The van der Waals surface area contributed by atoms with Gasteiger partial charge in [-0.15, -0.1) is 45.8 Å². The molecule has 0 saturated carbocycles. The Morgan fingerprint density at radius 1 is 1.22 bits per heavy atom. The van der Waals surface area contributed by atoms with Gasteiger partial charge in [-0.05, 0) is 17.7 Å². The zero-order chi connectivity index (χ0) is 12.1. The molecule has 0 aliphatic heterocycles. The molecule has 0 spiro atoms. The van der Waals surface area contributed by atoms with Gasteiger partial charge in [0.1, 0.15) is 0 Å². The molecule has 0 fully saturated rings. The molecule has 4 heteroatoms. The van der Waals surface area contributed by atoms with Crippen molar-refractivity contribution in [3.05, 3.63) is 69.2 Å². The van der Waals surface area contributed by atoms with Crippen LogP contribution >= 0.6 is 27.5 Å². The van der Waals surface area contributed by atoms with Gasteiger partial charge >= 0.3 is 0 Å². The van der Waals surface area contributed by atoms with Crippen molar-refractivity contribution in [1.82, 2.24) is 0 Å². The van der Waals surface area contributed by atoms with Crippen molar-refractivity contribution in [2.45, 2.75) is 6.54 Å². The van der Waals surface area contributed by atoms with Gasteiger partial charge in [0.25, 0.3) is 0 Å². The number of hydrogen-bond acceptors (Lipinski definition) is 1. The van der Waals surface area contributed by atoms with E-state index in [4.69, 9.17) is 11.6 Å². The second-order valence-corrected chi connectivity index (χ2v) is 4.82. The third-order valence-electron chi connectivity index (χ3n) is 2.24. The van der Waals surface area contributed by atoms with E-state index in [2.05, 4.69) is 27.0 Å². The van der Waals surface area contributed by atoms with Crippen molar-refractivity contribution < 1.29 is 21.1 Å². The summed E-state index contributed by atoms with van der Waals surface area (Å²) in [6, 6.07) is 16.6. The average molecular weight is 503 g/mol. The zero-order valence-corrected chi connectivity index (χ0v) is 14.0. The third-order valence-corrected chi connectivity index (χ3v) is 3.19. The number of halogens is 2. The van der Waals surface area contributed by atoms with E-state index in [1.54, 1.807) is 0 Å². The van der Waals surface area contributed by atoms with Gasteiger partial charge in [0.15, 0.2) is 0 Å². The molecule has 96 valence electrons. The van der Waals surface area contributed by atoms with Gasteiger partial charge < -0.3 is 4.99 Å². The molecule has 2 rings (SSSR count). The minimum absolute atomic E-state index is 0. The van der Waals surface area contributed by atoms with Crippen molar-refractivity contribution in [1.29, 1.82) is 0 Å². The van der Waals surface area contributed by atoms with Crippen LogP contribution < -0.4 is 0 Å². The maximum Gasteiger partial charge on any atom is 0.0532 e. The molecule has 18 heavy (non-hydrogen) atoms. The fourth-order valence-electron chi connectivity index (χ4n) is 1.36. The quantitative estimate of drug-likeness (QED) is 0.432. The molecule has 0 aliphatic carbocycles. The molecule has 0 bridgehead atoms. The second-order valence-electron chi connectivity index (χ2n) is 3.53. The average Bonchev–Trinajstić information content (AvgIpc) is 2.34. The Hall–Kier alpha value is -0.432. The molecular formula is C14H10BrClNPt-. The Bertz CT molecular complexity index is 526. The first-order chi connectivity index (χ1) is 8.25. The van der Waals surface area contributed by atoms with E-state index in [0.29, 0.717) is 6.54 Å². The van der Waals surface area contributed by atoms with Crippen LogP contribution in [0, 0.1) is 6.07 Å². The summed E-state index contributed by atoms with van der Waals surface area (Å²) in [6.07, 6.45) is 1.82. The molecule has 0 aromatic heterocycles. The van der Waals surface area contributed by atoms with Gasteiger partial charge in [0.2, 0.25) is 0 Å². The Balaban J connectivity index is 0.00000162. The predicted octanol–water partition coefficient (Wildman–Crippen LogP) is 4.52. The van der Waals surface area contributed by atoms with Crippen LogP contribution in [0.3, 0.4) is 0 Å². The maximum atomic E-state index is 5.81. The van der Waals surface area contributed by atoms with Crippen molar-refractivity contribution in [3.8, 4) is 0 Å². The topological polar surface area (TPSA) is 12.4 Å². The van der Waals surface area contributed by atoms with Crippen LogP contribution in [0.25, 0.3) is 0 Å². The Morgan fingerprint density at radius 3 is 2.61 bits per heavy atom. The summed E-state index contributed by atoms with van der Waals surface area (Å²) < 4.78 is 1.000. The normalized spacial score (nSPS) is 10.3. The zero-order valence-electron chi connectivity index (χ0n) is 9.35. The minimum Gasteiger partial charge on any atom is -0.336 e. The van der Waals surface area contributed by atoms with Gasteiger partial charge in [-0.2, -0.15) is 0 Å². The van der Waals surface area contributed by atoms with Crippen LogP contribution in [0.4, 0.5) is 0 Å². The monoisotopic (exact) mass is 501 g/mol. The van der Waals surface area contributed by atoms with Crippen LogP contribution in [0.5, 0.6) is 0 Å². The van der Waals surface area contributed by atoms with Gasteiger partial charge in [0.05, 0.1) is 6.54 Å². The van der Waals surface area contributed by atoms with Crippen LogP contribution in [0.1, 0.15) is 11.1 Å². The number of nitrogens with zero attached hydrogens (tertiary/aromatic N) is 1. The molecule has 0 atom stereocenters. The Kier molecular flexibility index (Phi) is 6.84. The van der Waals surface area contributed by atoms with E-state index in [1.807, 2.05) is 48.7 Å². The molecule has 1 nitrogen and oxygen atoms in total. The number of benzene rings is 2. The van der Waals surface area contributed by atoms with Crippen LogP contribution in [-0.4, -0.2) is 6.21 Å². The SMILES string of the molecule is Clc1ccc(CN=Cc2[c-]cccc2Br)cc1.[Pt]. The molecule has 0 radical (unpaired) electrons. The van der Waals surface area contributed by atoms with Crippen LogP contribution in [0.2, 0.25) is 5.02 Å². The van der Waals surface area contributed by atoms with Crippen molar-refractivity contribution in [2.24, 2.45) is 4.99 Å². The summed E-state index contributed by atoms with van der Waals surface area (Å²) in [5.74, 6) is 0. The van der Waals surface area contributed by atoms with Crippen molar-refractivity contribution >= 4 is 33.7 Å². The largest absolute Gasteiger partial charge is 0.336 e. The van der Waals surface area contributed by atoms with Gasteiger partial charge in [-0.3, -0.25) is 0 Å². The van der Waals surface area contributed by atoms with E-state index in [0.717, 1.165) is 20.6 Å². The molecule has 0 aliphatic rings. The van der Waals surface area contributed by atoms with E-state index < -0.39 is 0 Å². The van der Waals surface area contributed by atoms with Gasteiger partial charge in [0, 0.05) is 26.1 Å². The minimum atomic E-state index is 0. The molecule has 0 saturated heterocycles. The molecule has 0 heterocycles. The Morgan fingerprint density at radius 2 is 1.94 bits per heavy atom. The van der Waals surface area contributed by atoms with Gasteiger partial charge in [-0.25, -0.2) is 0 Å². The molecular weight excluding hydrogens is 493 g/mol. The number of aliphatic imine (C=N–C) groups is 1. The van der Waals surface area contributed by atoms with E-state index in [-0.39, 0.29) is 21.1 Å². The molecule has 0 amide bonds. The summed E-state index contributed by atoms with van der Waals surface area (Å²) in [7, 11) is 0. The fraction of sp³-hybridized carbons (Fsp3) is 0.0714. The van der Waals surface area contributed by atoms with Crippen LogP contribution in [0.15, 0.2) is 51.9 Å². The number of rotatable bonds is 3. The first kappa shape index (κ1) is 15.6. The smallest absolute Gasteiger partial charge is 0.0532 e. The maximum absolute atomic E-state index is 5.81. The van der Waals surface area contributed by atoms with Crippen LogP contribution in [-0.2, 0) is 27.6 Å². The first-order valence-corrected chi connectivity index (χ1v) is 6.33. The fourth-order valence-corrected chi connectivity index (χ4v) is 1.86. The summed E-state index contributed by atoms with van der Waals surface area (Å²) in [4.78, 5) is 4.37. The molecule has 0 unspecified atom stereocenters. The number of hydrogen-bond donors (Lipinski definition) is 0. The standard InChI is InChI=1S/C14H10BrClN.Pt/c15-14-4-2-1-3-12(14)10-17-9-11-5-7-13(16)8-6-11;/h1-2,4-8,10H,9H2;/q-1;. The molecule has 2 aromatic rings. The van der Waals surface area contributed by atoms with Gasteiger partial charge in [-0.1, -0.05) is 34.4 Å². The van der Waals surface area contributed by atoms with E-state index >= 15 is 0 Å². The summed E-state index contributed by atoms with van der Waals surface area (Å²) in [6.45, 7) is 0.645. The first-order valence-electron chi connectivity index (χ1n) is 5.16. The second kappa shape index (κ2) is 7.88. The van der Waals surface area contributed by atoms with Crippen molar-refractivity contribution in [2.75, 3.05) is 0 Å².